The molecule has 0 spiro atoms. The van der Waals surface area contributed by atoms with Crippen LogP contribution < -0.4 is 9.47 Å². The van der Waals surface area contributed by atoms with Crippen molar-refractivity contribution in [3.63, 3.8) is 0 Å². The van der Waals surface area contributed by atoms with Crippen LogP contribution in [0.2, 0.25) is 0 Å². The van der Waals surface area contributed by atoms with Gasteiger partial charge < -0.3 is 9.47 Å². The molecule has 0 radical (unpaired) electrons. The van der Waals surface area contributed by atoms with Gasteiger partial charge in [0.2, 0.25) is 0 Å². The summed E-state index contributed by atoms with van der Waals surface area (Å²) in [5.41, 5.74) is 0.533. The number of nitrogens with zero attached hydrogens (tertiary/aromatic N) is 2. The molecule has 10 heteroatoms. The Morgan fingerprint density at radius 1 is 1.18 bits per heavy atom. The van der Waals surface area contributed by atoms with E-state index in [1.807, 2.05) is 0 Å². The van der Waals surface area contributed by atoms with E-state index in [0.29, 0.717) is 14.8 Å². The van der Waals surface area contributed by atoms with Crippen molar-refractivity contribution in [3.8, 4) is 11.5 Å². The summed E-state index contributed by atoms with van der Waals surface area (Å²) >= 11 is 6.77. The third-order valence-corrected chi connectivity index (χ3v) is 7.07. The number of thiocarbonyl (C=S) groups is 1. The smallest absolute Gasteiger partial charge is 0.343 e. The van der Waals surface area contributed by atoms with Crippen molar-refractivity contribution in [2.24, 2.45) is 0 Å². The van der Waals surface area contributed by atoms with Crippen LogP contribution in [-0.2, 0) is 4.79 Å². The summed E-state index contributed by atoms with van der Waals surface area (Å²) in [6.45, 7) is 0. The number of methoxy groups -OCH3 is 1. The van der Waals surface area contributed by atoms with Gasteiger partial charge in [0.25, 0.3) is 11.6 Å². The lowest BCUT2D eigenvalue weighted by Gasteiger charge is -2.29. The first-order valence-corrected chi connectivity index (χ1v) is 12.0. The topological polar surface area (TPSA) is 99.0 Å². The van der Waals surface area contributed by atoms with Gasteiger partial charge in [-0.25, -0.2) is 4.79 Å². The lowest BCUT2D eigenvalue weighted by molar-refractivity contribution is -0.384. The highest BCUT2D eigenvalue weighted by Gasteiger charge is 2.37. The first kappa shape index (κ1) is 23.9. The number of carbonyl (C=O) groups is 2. The molecule has 0 atom stereocenters. The van der Waals surface area contributed by atoms with Gasteiger partial charge in [-0.1, -0.05) is 55.4 Å². The van der Waals surface area contributed by atoms with Crippen molar-refractivity contribution in [1.82, 2.24) is 4.90 Å². The fourth-order valence-electron chi connectivity index (χ4n) is 4.05. The second kappa shape index (κ2) is 10.4. The Labute approximate surface area is 206 Å². The minimum Gasteiger partial charge on any atom is -0.493 e. The molecular weight excluding hydrogens is 476 g/mol. The van der Waals surface area contributed by atoms with Crippen molar-refractivity contribution in [2.45, 2.75) is 38.1 Å². The van der Waals surface area contributed by atoms with E-state index < -0.39 is 10.9 Å². The van der Waals surface area contributed by atoms with Crippen LogP contribution in [0, 0.1) is 10.1 Å². The molecule has 1 aliphatic carbocycles. The Morgan fingerprint density at radius 3 is 2.65 bits per heavy atom. The first-order chi connectivity index (χ1) is 16.4. The molecule has 2 aliphatic rings. The molecule has 4 rings (SSSR count). The van der Waals surface area contributed by atoms with E-state index in [2.05, 4.69) is 0 Å². The summed E-state index contributed by atoms with van der Waals surface area (Å²) in [6.07, 6.45) is 7.09. The molecular formula is C24H22N2O6S2. The Kier molecular flexibility index (Phi) is 7.28. The van der Waals surface area contributed by atoms with Gasteiger partial charge in [0.05, 0.1) is 22.5 Å². The third kappa shape index (κ3) is 5.13. The van der Waals surface area contributed by atoms with Gasteiger partial charge in [-0.15, -0.1) is 0 Å². The molecule has 1 saturated heterocycles. The number of carbonyl (C=O) groups excluding carboxylic acids is 2. The number of rotatable bonds is 6. The molecule has 1 aliphatic heterocycles. The largest absolute Gasteiger partial charge is 0.493 e. The van der Waals surface area contributed by atoms with E-state index >= 15 is 0 Å². The Bertz CT molecular complexity index is 1190. The van der Waals surface area contributed by atoms with Gasteiger partial charge in [0.15, 0.2) is 11.5 Å². The summed E-state index contributed by atoms with van der Waals surface area (Å²) in [4.78, 5) is 38.2. The minimum atomic E-state index is -0.747. The molecule has 1 amide bonds. The van der Waals surface area contributed by atoms with Crippen LogP contribution in [-0.4, -0.2) is 39.2 Å². The monoisotopic (exact) mass is 498 g/mol. The highest BCUT2D eigenvalue weighted by Crippen LogP contribution is 2.38. The van der Waals surface area contributed by atoms with Gasteiger partial charge in [-0.3, -0.25) is 19.8 Å². The summed E-state index contributed by atoms with van der Waals surface area (Å²) in [7, 11) is 1.44. The summed E-state index contributed by atoms with van der Waals surface area (Å²) < 4.78 is 11.4. The molecule has 34 heavy (non-hydrogen) atoms. The average Bonchev–Trinajstić information content (AvgIpc) is 3.12. The van der Waals surface area contributed by atoms with Crippen LogP contribution in [0.3, 0.4) is 0 Å². The lowest BCUT2D eigenvalue weighted by Crippen LogP contribution is -2.39. The highest BCUT2D eigenvalue weighted by atomic mass is 32.2. The van der Waals surface area contributed by atoms with Gasteiger partial charge >= 0.3 is 5.97 Å². The van der Waals surface area contributed by atoms with E-state index in [-0.39, 0.29) is 34.7 Å². The molecule has 8 nitrogen and oxygen atoms in total. The average molecular weight is 499 g/mol. The Balaban J connectivity index is 1.52. The minimum absolute atomic E-state index is 0.0479. The van der Waals surface area contributed by atoms with Crippen LogP contribution in [0.15, 0.2) is 47.4 Å². The number of nitro groups is 1. The predicted octanol–water partition coefficient (Wildman–Crippen LogP) is 5.36. The van der Waals surface area contributed by atoms with E-state index in [9.17, 15) is 19.7 Å². The van der Waals surface area contributed by atoms with E-state index in [1.54, 1.807) is 29.2 Å². The number of nitro benzene ring substituents is 1. The summed E-state index contributed by atoms with van der Waals surface area (Å²) in [5.74, 6) is -0.383. The van der Waals surface area contributed by atoms with Crippen molar-refractivity contribution >= 4 is 51.9 Å². The third-order valence-electron chi connectivity index (χ3n) is 5.74. The molecule has 2 aromatic carbocycles. The zero-order chi connectivity index (χ0) is 24.2. The summed E-state index contributed by atoms with van der Waals surface area (Å²) in [6, 6.07) is 10.4. The van der Waals surface area contributed by atoms with Gasteiger partial charge in [0.1, 0.15) is 4.32 Å². The van der Waals surface area contributed by atoms with Crippen LogP contribution in [0.1, 0.15) is 48.0 Å². The maximum absolute atomic E-state index is 13.0. The number of thioether (sulfide) groups is 1. The molecule has 0 aromatic heterocycles. The molecule has 176 valence electrons. The zero-order valence-corrected chi connectivity index (χ0v) is 20.0. The number of esters is 1. The highest BCUT2D eigenvalue weighted by molar-refractivity contribution is 8.26. The maximum atomic E-state index is 13.0. The molecule has 0 N–H and O–H groups in total. The second-order valence-electron chi connectivity index (χ2n) is 7.95. The number of amides is 1. The SMILES string of the molecule is COc1cc(C=C2SC(=S)N(C3CCCCC3)C2=O)ccc1OC(=O)c1cccc([N+](=O)[O-])c1. The first-order valence-electron chi connectivity index (χ1n) is 10.8. The standard InChI is InChI=1S/C24H22N2O6S2/c1-31-20-12-15(13-21-22(27)25(24(33)34-21)17-7-3-2-4-8-17)10-11-19(20)32-23(28)16-6-5-9-18(14-16)26(29)30/h5-6,9-14,17H,2-4,7-8H2,1H3. The molecule has 1 heterocycles. The Morgan fingerprint density at radius 2 is 1.94 bits per heavy atom. The zero-order valence-electron chi connectivity index (χ0n) is 18.4. The maximum Gasteiger partial charge on any atom is 0.343 e. The van der Waals surface area contributed by atoms with Crippen LogP contribution in [0.4, 0.5) is 5.69 Å². The van der Waals surface area contributed by atoms with Crippen molar-refractivity contribution in [1.29, 1.82) is 0 Å². The Hall–Kier alpha value is -3.24. The lowest BCUT2D eigenvalue weighted by atomic mass is 9.94. The van der Waals surface area contributed by atoms with Crippen molar-refractivity contribution in [2.75, 3.05) is 7.11 Å². The quantitative estimate of drug-likeness (QED) is 0.131. The van der Waals surface area contributed by atoms with E-state index in [0.717, 1.165) is 31.7 Å². The number of non-ortho nitro benzene ring substituents is 1. The number of hydrogen-bond acceptors (Lipinski definition) is 8. The van der Waals surface area contributed by atoms with Crippen molar-refractivity contribution < 1.29 is 24.0 Å². The number of hydrogen-bond donors (Lipinski definition) is 0. The molecule has 0 bridgehead atoms. The predicted molar refractivity (Wildman–Crippen MR) is 133 cm³/mol. The number of benzene rings is 2. The fourth-order valence-corrected chi connectivity index (χ4v) is 5.45. The molecule has 2 aromatic rings. The van der Waals surface area contributed by atoms with Gasteiger partial charge in [-0.2, -0.15) is 0 Å². The van der Waals surface area contributed by atoms with E-state index in [4.69, 9.17) is 21.7 Å². The van der Waals surface area contributed by atoms with Gasteiger partial charge in [-0.05, 0) is 42.7 Å². The molecule has 1 saturated carbocycles. The molecule has 0 unspecified atom stereocenters. The summed E-state index contributed by atoms with van der Waals surface area (Å²) in [5, 5.41) is 11.0. The second-order valence-corrected chi connectivity index (χ2v) is 9.63. The van der Waals surface area contributed by atoms with Crippen LogP contribution in [0.25, 0.3) is 6.08 Å². The van der Waals surface area contributed by atoms with Crippen molar-refractivity contribution in [3.05, 3.63) is 68.6 Å². The molecule has 2 fully saturated rings. The number of ether oxygens (including phenoxy) is 2. The van der Waals surface area contributed by atoms with Crippen LogP contribution >= 0.6 is 24.0 Å². The van der Waals surface area contributed by atoms with Gasteiger partial charge in [0, 0.05) is 18.2 Å². The van der Waals surface area contributed by atoms with Crippen LogP contribution in [0.5, 0.6) is 11.5 Å². The fraction of sp³-hybridized carbons (Fsp3) is 0.292. The normalized spacial score (nSPS) is 17.8. The van der Waals surface area contributed by atoms with E-state index in [1.165, 1.54) is 43.5 Å².